The van der Waals surface area contributed by atoms with Gasteiger partial charge in [0.25, 0.3) is 0 Å². The molecule has 0 fully saturated rings. The van der Waals surface area contributed by atoms with Gasteiger partial charge in [-0.3, -0.25) is 4.79 Å². The maximum atomic E-state index is 12.2. The van der Waals surface area contributed by atoms with E-state index in [2.05, 4.69) is 30.3 Å². The summed E-state index contributed by atoms with van der Waals surface area (Å²) in [4.78, 5) is 12.2. The monoisotopic (exact) mass is 486 g/mol. The molecule has 0 aliphatic carbocycles. The number of carbonyl (C=O) groups is 1. The molecule has 0 bridgehead atoms. The summed E-state index contributed by atoms with van der Waals surface area (Å²) < 4.78 is 29.0. The van der Waals surface area contributed by atoms with Crippen molar-refractivity contribution in [2.75, 3.05) is 27.2 Å². The van der Waals surface area contributed by atoms with Crippen molar-refractivity contribution in [3.05, 3.63) is 81.9 Å². The van der Waals surface area contributed by atoms with E-state index < -0.39 is 0 Å². The van der Waals surface area contributed by atoms with Crippen LogP contribution in [0.4, 0.5) is 0 Å². The van der Waals surface area contributed by atoms with Gasteiger partial charge in [-0.25, -0.2) is 0 Å². The van der Waals surface area contributed by atoms with Gasteiger partial charge in [-0.15, -0.1) is 0 Å². The lowest BCUT2D eigenvalue weighted by Crippen LogP contribution is -2.55. The molecule has 7 nitrogen and oxygen atoms in total. The minimum atomic E-state index is -0.219. The van der Waals surface area contributed by atoms with Gasteiger partial charge in [-0.2, -0.15) is 0 Å². The molecule has 3 aromatic carbocycles. The minimum absolute atomic E-state index is 0.219. The van der Waals surface area contributed by atoms with Crippen molar-refractivity contribution in [2.24, 2.45) is 0 Å². The number of fused-ring (bicyclic) bond motifs is 7. The molecule has 0 amide bonds. The third-order valence-corrected chi connectivity index (χ3v) is 8.27. The van der Waals surface area contributed by atoms with Crippen molar-refractivity contribution in [3.8, 4) is 23.0 Å². The van der Waals surface area contributed by atoms with E-state index in [0.717, 1.165) is 65.5 Å². The molecule has 7 rings (SSSR count). The van der Waals surface area contributed by atoms with E-state index in [-0.39, 0.29) is 32.0 Å². The number of nitrogens with zero attached hydrogens (tertiary/aromatic N) is 1. The molecular formula is C29H28NO6+. The number of esters is 1. The number of quaternary nitrogens is 1. The summed E-state index contributed by atoms with van der Waals surface area (Å²) in [7, 11) is 1.44. The van der Waals surface area contributed by atoms with Crippen LogP contribution in [0.2, 0.25) is 0 Å². The van der Waals surface area contributed by atoms with Gasteiger partial charge in [0.1, 0.15) is 19.1 Å². The Hall–Kier alpha value is -3.71. The zero-order chi connectivity index (χ0) is 24.3. The molecule has 184 valence electrons. The fraction of sp³-hybridized carbons (Fsp3) is 0.345. The van der Waals surface area contributed by atoms with E-state index >= 15 is 0 Å². The molecule has 0 aromatic heterocycles. The molecule has 2 unspecified atom stereocenters. The van der Waals surface area contributed by atoms with E-state index in [1.807, 2.05) is 18.2 Å². The first-order chi connectivity index (χ1) is 17.6. The Balaban J connectivity index is 1.36. The molecule has 36 heavy (non-hydrogen) atoms. The minimum Gasteiger partial charge on any atom is -0.469 e. The highest BCUT2D eigenvalue weighted by Gasteiger charge is 2.48. The third-order valence-electron chi connectivity index (χ3n) is 8.27. The summed E-state index contributed by atoms with van der Waals surface area (Å²) in [5.74, 6) is 3.18. The summed E-state index contributed by atoms with van der Waals surface area (Å²) in [5, 5.41) is 0. The molecule has 0 saturated heterocycles. The van der Waals surface area contributed by atoms with E-state index in [4.69, 9.17) is 23.7 Å². The van der Waals surface area contributed by atoms with Gasteiger partial charge in [0.05, 0.1) is 25.6 Å². The molecule has 2 atom stereocenters. The zero-order valence-corrected chi connectivity index (χ0v) is 20.2. The van der Waals surface area contributed by atoms with Crippen molar-refractivity contribution in [1.82, 2.24) is 0 Å². The van der Waals surface area contributed by atoms with Crippen molar-refractivity contribution in [1.29, 1.82) is 0 Å². The van der Waals surface area contributed by atoms with Crippen molar-refractivity contribution in [3.63, 3.8) is 0 Å². The molecule has 4 aliphatic rings. The molecule has 4 aliphatic heterocycles. The molecule has 3 aromatic rings. The summed E-state index contributed by atoms with van der Waals surface area (Å²) in [6.07, 6.45) is 2.12. The predicted molar refractivity (Wildman–Crippen MR) is 130 cm³/mol. The van der Waals surface area contributed by atoms with Crippen LogP contribution < -0.4 is 18.9 Å². The van der Waals surface area contributed by atoms with Gasteiger partial charge in [-0.05, 0) is 34.9 Å². The van der Waals surface area contributed by atoms with Crippen molar-refractivity contribution in [2.45, 2.75) is 38.4 Å². The van der Waals surface area contributed by atoms with Gasteiger partial charge < -0.3 is 28.2 Å². The number of carbonyl (C=O) groups excluding carboxylic acids is 1. The van der Waals surface area contributed by atoms with Crippen LogP contribution in [0.25, 0.3) is 0 Å². The average Bonchev–Trinajstić information content (AvgIpc) is 3.57. The SMILES string of the molecule is COC(=O)Cc1ccccc1C[N+]12CCc3cc4c(cc3C1Cc1ccc3c(c1C2)OCO3)OCO4. The Labute approximate surface area is 209 Å². The van der Waals surface area contributed by atoms with Crippen LogP contribution in [0.3, 0.4) is 0 Å². The highest BCUT2D eigenvalue weighted by Crippen LogP contribution is 2.52. The predicted octanol–water partition coefficient (Wildman–Crippen LogP) is 4.23. The number of rotatable bonds is 4. The van der Waals surface area contributed by atoms with E-state index in [1.54, 1.807) is 0 Å². The van der Waals surface area contributed by atoms with Crippen LogP contribution in [0, 0.1) is 0 Å². The molecule has 0 spiro atoms. The Bertz CT molecular complexity index is 1380. The number of ether oxygens (including phenoxy) is 5. The van der Waals surface area contributed by atoms with Gasteiger partial charge in [0.2, 0.25) is 13.6 Å². The van der Waals surface area contributed by atoms with Crippen LogP contribution in [-0.2, 0) is 41.9 Å². The van der Waals surface area contributed by atoms with Crippen molar-refractivity contribution >= 4 is 5.97 Å². The van der Waals surface area contributed by atoms with Gasteiger partial charge >= 0.3 is 5.97 Å². The Morgan fingerprint density at radius 2 is 1.72 bits per heavy atom. The lowest BCUT2D eigenvalue weighted by atomic mass is 9.80. The average molecular weight is 487 g/mol. The lowest BCUT2D eigenvalue weighted by Gasteiger charge is -2.51. The largest absolute Gasteiger partial charge is 0.469 e. The second kappa shape index (κ2) is 8.17. The number of methoxy groups -OCH3 is 1. The topological polar surface area (TPSA) is 63.2 Å². The first kappa shape index (κ1) is 21.6. The van der Waals surface area contributed by atoms with E-state index in [9.17, 15) is 4.79 Å². The summed E-state index contributed by atoms with van der Waals surface area (Å²) in [5.41, 5.74) is 7.44. The highest BCUT2D eigenvalue weighted by molar-refractivity contribution is 5.72. The Morgan fingerprint density at radius 3 is 2.58 bits per heavy atom. The van der Waals surface area contributed by atoms with Crippen LogP contribution >= 0.6 is 0 Å². The molecule has 0 N–H and O–H groups in total. The Morgan fingerprint density at radius 1 is 0.944 bits per heavy atom. The zero-order valence-electron chi connectivity index (χ0n) is 20.2. The quantitative estimate of drug-likeness (QED) is 0.406. The second-order valence-corrected chi connectivity index (χ2v) is 10.1. The first-order valence-electron chi connectivity index (χ1n) is 12.5. The molecule has 0 saturated carbocycles. The second-order valence-electron chi connectivity index (χ2n) is 10.1. The molecular weight excluding hydrogens is 458 g/mol. The Kier molecular flexibility index (Phi) is 4.89. The van der Waals surface area contributed by atoms with E-state index in [1.165, 1.54) is 34.9 Å². The van der Waals surface area contributed by atoms with Crippen LogP contribution in [0.5, 0.6) is 23.0 Å². The third kappa shape index (κ3) is 3.33. The van der Waals surface area contributed by atoms with Crippen LogP contribution in [0.15, 0.2) is 48.5 Å². The van der Waals surface area contributed by atoms with Gasteiger partial charge in [0.15, 0.2) is 23.0 Å². The normalized spacial score (nSPS) is 22.4. The van der Waals surface area contributed by atoms with Gasteiger partial charge in [-0.1, -0.05) is 30.3 Å². The molecule has 4 heterocycles. The lowest BCUT2D eigenvalue weighted by molar-refractivity contribution is -0.985. The fourth-order valence-corrected chi connectivity index (χ4v) is 6.47. The maximum Gasteiger partial charge on any atom is 0.309 e. The maximum absolute atomic E-state index is 12.2. The van der Waals surface area contributed by atoms with E-state index in [0.29, 0.717) is 0 Å². The summed E-state index contributed by atoms with van der Waals surface area (Å²) >= 11 is 0. The van der Waals surface area contributed by atoms with Gasteiger partial charge in [0, 0.05) is 24.0 Å². The van der Waals surface area contributed by atoms with Crippen LogP contribution in [0.1, 0.15) is 39.4 Å². The standard InChI is InChI=1S/C29H28NO6/c1-32-28(31)12-18-4-2-3-5-21(18)14-30-9-8-20-11-26-27(35-16-34-26)13-22(20)24(30)10-19-6-7-25-29(23(19)15-30)36-17-33-25/h2-7,11,13,24H,8-10,12,14-17H2,1H3/q+1. The molecule has 7 heteroatoms. The van der Waals surface area contributed by atoms with Crippen molar-refractivity contribution < 1.29 is 33.0 Å². The summed E-state index contributed by atoms with van der Waals surface area (Å²) in [6, 6.07) is 17.1. The number of hydrogen-bond donors (Lipinski definition) is 0. The fourth-order valence-electron chi connectivity index (χ4n) is 6.47. The smallest absolute Gasteiger partial charge is 0.309 e. The number of benzene rings is 3. The number of hydrogen-bond acceptors (Lipinski definition) is 6. The molecule has 0 radical (unpaired) electrons. The first-order valence-corrected chi connectivity index (χ1v) is 12.5. The highest BCUT2D eigenvalue weighted by atomic mass is 16.7. The summed E-state index contributed by atoms with van der Waals surface area (Å²) in [6.45, 7) is 3.18. The van der Waals surface area contributed by atoms with Crippen LogP contribution in [-0.4, -0.2) is 37.7 Å².